The van der Waals surface area contributed by atoms with Crippen molar-refractivity contribution in [3.8, 4) is 0 Å². The Morgan fingerprint density at radius 1 is 1.26 bits per heavy atom. The van der Waals surface area contributed by atoms with Crippen LogP contribution in [-0.4, -0.2) is 37.6 Å². The van der Waals surface area contributed by atoms with Crippen molar-refractivity contribution in [1.29, 1.82) is 0 Å². The van der Waals surface area contributed by atoms with Crippen LogP contribution in [0.1, 0.15) is 33.1 Å². The first-order chi connectivity index (χ1) is 12.8. The highest BCUT2D eigenvalue weighted by molar-refractivity contribution is 6.08. The predicted molar refractivity (Wildman–Crippen MR) is 100 cm³/mol. The van der Waals surface area contributed by atoms with Gasteiger partial charge in [-0.3, -0.25) is 14.4 Å². The summed E-state index contributed by atoms with van der Waals surface area (Å²) in [5.74, 6) is -2.14. The Balaban J connectivity index is 0.000000499. The van der Waals surface area contributed by atoms with Gasteiger partial charge in [0.1, 0.15) is 5.82 Å². The summed E-state index contributed by atoms with van der Waals surface area (Å²) in [5, 5.41) is 2.31. The molecule has 8 heteroatoms. The van der Waals surface area contributed by atoms with Crippen molar-refractivity contribution < 1.29 is 28.2 Å². The number of nitrogens with two attached hydrogens (primary N) is 1. The van der Waals surface area contributed by atoms with Gasteiger partial charge in [0.25, 0.3) is 18.3 Å². The molecule has 0 aliphatic heterocycles. The molecule has 150 valence electrons. The van der Waals surface area contributed by atoms with E-state index in [0.717, 1.165) is 6.07 Å². The standard InChI is InChI=1S/C10H11FN2O3.C5H8.C4H8O2/c1-16-8(9(12)14)10(15)13-7-4-2-3-6(11)5-7;1-2-4-5-3-1;1-4(2)6-3-5/h2-5,8H,1H3,(H2,12,14)(H,13,15);1-2H,3-5H2;3-4H,1-2H3. The van der Waals surface area contributed by atoms with Gasteiger partial charge in [-0.2, -0.15) is 0 Å². The van der Waals surface area contributed by atoms with Gasteiger partial charge in [0.2, 0.25) is 6.10 Å². The number of anilines is 1. The van der Waals surface area contributed by atoms with E-state index in [4.69, 9.17) is 5.73 Å². The SMILES string of the molecule is C1=CCCC1.CC(C)OC=O.COC(C(N)=O)C(=O)Nc1cccc(F)c1. The van der Waals surface area contributed by atoms with Gasteiger partial charge in [0, 0.05) is 12.8 Å². The van der Waals surface area contributed by atoms with Crippen LogP contribution in [0.2, 0.25) is 0 Å². The van der Waals surface area contributed by atoms with Crippen molar-refractivity contribution >= 4 is 24.0 Å². The summed E-state index contributed by atoms with van der Waals surface area (Å²) < 4.78 is 21.7. The first kappa shape index (κ1) is 24.3. The summed E-state index contributed by atoms with van der Waals surface area (Å²) >= 11 is 0. The minimum atomic E-state index is -1.39. The predicted octanol–water partition coefficient (Wildman–Crippen LogP) is 2.56. The lowest BCUT2D eigenvalue weighted by Gasteiger charge is -2.11. The van der Waals surface area contributed by atoms with Gasteiger partial charge in [-0.1, -0.05) is 18.2 Å². The van der Waals surface area contributed by atoms with E-state index in [1.165, 1.54) is 44.6 Å². The summed E-state index contributed by atoms with van der Waals surface area (Å²) in [6, 6.07) is 5.26. The van der Waals surface area contributed by atoms with Crippen LogP contribution >= 0.6 is 0 Å². The summed E-state index contributed by atoms with van der Waals surface area (Å²) in [5.41, 5.74) is 5.16. The minimum absolute atomic E-state index is 0.0301. The fourth-order valence-corrected chi connectivity index (χ4v) is 1.83. The lowest BCUT2D eigenvalue weighted by molar-refractivity contribution is -0.138. The normalized spacial score (nSPS) is 12.8. The number of allylic oxidation sites excluding steroid dienone is 2. The molecule has 1 aliphatic rings. The number of hydrogen-bond acceptors (Lipinski definition) is 5. The van der Waals surface area contributed by atoms with Crippen molar-refractivity contribution in [2.45, 2.75) is 45.3 Å². The van der Waals surface area contributed by atoms with Crippen molar-refractivity contribution in [3.05, 3.63) is 42.2 Å². The number of benzene rings is 1. The largest absolute Gasteiger partial charge is 0.465 e. The maximum atomic E-state index is 12.8. The quantitative estimate of drug-likeness (QED) is 0.447. The zero-order valence-corrected chi connectivity index (χ0v) is 15.8. The van der Waals surface area contributed by atoms with Crippen molar-refractivity contribution in [2.75, 3.05) is 12.4 Å². The molecule has 27 heavy (non-hydrogen) atoms. The molecule has 0 fully saturated rings. The zero-order chi connectivity index (χ0) is 20.7. The maximum absolute atomic E-state index is 12.8. The first-order valence-electron chi connectivity index (χ1n) is 8.44. The number of carbonyl (C=O) groups excluding carboxylic acids is 3. The lowest BCUT2D eigenvalue weighted by Crippen LogP contribution is -2.40. The molecule has 2 amide bonds. The maximum Gasteiger partial charge on any atom is 0.293 e. The van der Waals surface area contributed by atoms with E-state index in [-0.39, 0.29) is 11.8 Å². The number of carbonyl (C=O) groups is 3. The van der Waals surface area contributed by atoms with Gasteiger partial charge in [0.15, 0.2) is 0 Å². The number of amides is 2. The van der Waals surface area contributed by atoms with Crippen LogP contribution in [0, 0.1) is 5.82 Å². The number of nitrogens with one attached hydrogen (secondary N) is 1. The fraction of sp³-hybridized carbons (Fsp3) is 0.421. The Morgan fingerprint density at radius 3 is 2.22 bits per heavy atom. The molecule has 2 rings (SSSR count). The second kappa shape index (κ2) is 14.4. The van der Waals surface area contributed by atoms with E-state index in [2.05, 4.69) is 26.9 Å². The molecule has 0 saturated heterocycles. The van der Waals surface area contributed by atoms with Crippen molar-refractivity contribution in [2.24, 2.45) is 5.73 Å². The Bertz CT molecular complexity index is 614. The number of halogens is 1. The van der Waals surface area contributed by atoms with Crippen LogP contribution in [0.15, 0.2) is 36.4 Å². The number of hydrogen-bond donors (Lipinski definition) is 2. The van der Waals surface area contributed by atoms with Crippen LogP contribution in [0.3, 0.4) is 0 Å². The second-order valence-corrected chi connectivity index (χ2v) is 5.70. The average Bonchev–Trinajstić information content (AvgIpc) is 3.15. The molecule has 0 heterocycles. The highest BCUT2D eigenvalue weighted by Gasteiger charge is 2.23. The molecule has 7 nitrogen and oxygen atoms in total. The number of rotatable bonds is 6. The molecular formula is C19H27FN2O5. The van der Waals surface area contributed by atoms with Crippen LogP contribution < -0.4 is 11.1 Å². The van der Waals surface area contributed by atoms with E-state index in [0.29, 0.717) is 6.47 Å². The molecule has 0 spiro atoms. The minimum Gasteiger partial charge on any atom is -0.465 e. The summed E-state index contributed by atoms with van der Waals surface area (Å²) in [7, 11) is 1.18. The Labute approximate surface area is 158 Å². The van der Waals surface area contributed by atoms with Crippen LogP contribution in [0.25, 0.3) is 0 Å². The number of primary amides is 1. The Kier molecular flexibility index (Phi) is 13.0. The fourth-order valence-electron chi connectivity index (χ4n) is 1.83. The number of methoxy groups -OCH3 is 1. The molecule has 1 aromatic carbocycles. The smallest absolute Gasteiger partial charge is 0.293 e. The summed E-state index contributed by atoms with van der Waals surface area (Å²) in [6.45, 7) is 4.05. The molecule has 3 N–H and O–H groups in total. The van der Waals surface area contributed by atoms with Gasteiger partial charge < -0.3 is 20.5 Å². The molecule has 1 aliphatic carbocycles. The van der Waals surface area contributed by atoms with Crippen LogP contribution in [-0.2, 0) is 23.9 Å². The molecule has 1 aromatic rings. The van der Waals surface area contributed by atoms with E-state index < -0.39 is 23.7 Å². The summed E-state index contributed by atoms with van der Waals surface area (Å²) in [4.78, 5) is 31.6. The topological polar surface area (TPSA) is 108 Å². The lowest BCUT2D eigenvalue weighted by atomic mass is 10.2. The first-order valence-corrected chi connectivity index (χ1v) is 8.44. The van der Waals surface area contributed by atoms with Gasteiger partial charge in [0.05, 0.1) is 6.10 Å². The monoisotopic (exact) mass is 382 g/mol. The molecule has 1 unspecified atom stereocenters. The third-order valence-corrected chi connectivity index (χ3v) is 3.06. The Hall–Kier alpha value is -2.74. The molecular weight excluding hydrogens is 355 g/mol. The van der Waals surface area contributed by atoms with Crippen molar-refractivity contribution in [1.82, 2.24) is 0 Å². The van der Waals surface area contributed by atoms with E-state index in [9.17, 15) is 18.8 Å². The van der Waals surface area contributed by atoms with Gasteiger partial charge in [-0.25, -0.2) is 4.39 Å². The van der Waals surface area contributed by atoms with Crippen molar-refractivity contribution in [3.63, 3.8) is 0 Å². The third kappa shape index (κ3) is 12.3. The molecule has 0 aromatic heterocycles. The molecule has 0 saturated carbocycles. The van der Waals surface area contributed by atoms with Crippen LogP contribution in [0.4, 0.5) is 10.1 Å². The molecule has 1 atom stereocenters. The third-order valence-electron chi connectivity index (χ3n) is 3.06. The zero-order valence-electron chi connectivity index (χ0n) is 15.8. The summed E-state index contributed by atoms with van der Waals surface area (Å²) in [6.07, 6.45) is 7.14. The molecule has 0 bridgehead atoms. The van der Waals surface area contributed by atoms with Crippen LogP contribution in [0.5, 0.6) is 0 Å². The van der Waals surface area contributed by atoms with Gasteiger partial charge >= 0.3 is 0 Å². The number of ether oxygens (including phenoxy) is 2. The van der Waals surface area contributed by atoms with Gasteiger partial charge in [-0.05, 0) is 51.3 Å². The Morgan fingerprint density at radius 2 is 1.89 bits per heavy atom. The highest BCUT2D eigenvalue weighted by Crippen LogP contribution is 2.09. The van der Waals surface area contributed by atoms with E-state index in [1.807, 2.05) is 0 Å². The molecule has 0 radical (unpaired) electrons. The highest BCUT2D eigenvalue weighted by atomic mass is 19.1. The van der Waals surface area contributed by atoms with Gasteiger partial charge in [-0.15, -0.1) is 0 Å². The van der Waals surface area contributed by atoms with E-state index >= 15 is 0 Å². The average molecular weight is 382 g/mol. The second-order valence-electron chi connectivity index (χ2n) is 5.70. The van der Waals surface area contributed by atoms with E-state index in [1.54, 1.807) is 13.8 Å².